The predicted molar refractivity (Wildman–Crippen MR) is 51.9 cm³/mol. The summed E-state index contributed by atoms with van der Waals surface area (Å²) >= 11 is 3.16. The molecule has 1 rings (SSSR count). The summed E-state index contributed by atoms with van der Waals surface area (Å²) in [4.78, 5) is 11.0. The van der Waals surface area contributed by atoms with Gasteiger partial charge in [-0.2, -0.15) is 0 Å². The fraction of sp³-hybridized carbons (Fsp3) is 0.375. The van der Waals surface area contributed by atoms with Crippen LogP contribution in [0, 0.1) is 0 Å². The second-order valence-electron chi connectivity index (χ2n) is 2.71. The molecule has 13 heavy (non-hydrogen) atoms. The fourth-order valence-corrected chi connectivity index (χ4v) is 1.12. The van der Waals surface area contributed by atoms with Crippen molar-refractivity contribution in [3.63, 3.8) is 0 Å². The molecule has 0 aliphatic carbocycles. The van der Waals surface area contributed by atoms with Crippen molar-refractivity contribution in [1.29, 1.82) is 0 Å². The van der Waals surface area contributed by atoms with Crippen molar-refractivity contribution in [2.75, 3.05) is 0 Å². The zero-order valence-electron chi connectivity index (χ0n) is 7.21. The maximum Gasteiger partial charge on any atom is 0.237 e. The summed E-state index contributed by atoms with van der Waals surface area (Å²) < 4.78 is 5.83. The molecule has 0 aliphatic rings. The minimum atomic E-state index is -0.488. The van der Waals surface area contributed by atoms with Crippen molar-refractivity contribution in [1.82, 2.24) is 5.32 Å². The third-order valence-corrected chi connectivity index (χ3v) is 1.91. The number of carbonyl (C=O) groups excluding carboxylic acids is 1. The molecule has 4 nitrogen and oxygen atoms in total. The number of nitrogens with one attached hydrogen (secondary N) is 1. The number of carbonyl (C=O) groups is 1. The maximum absolute atomic E-state index is 11.0. The van der Waals surface area contributed by atoms with Crippen LogP contribution >= 0.6 is 15.9 Å². The molecule has 0 spiro atoms. The number of hydrogen-bond acceptors (Lipinski definition) is 3. The standard InChI is InChI=1S/C8H11BrN2O2/c1-5(10)8(12)11-4-6-2-3-7(9)13-6/h2-3,5H,4,10H2,1H3,(H,11,12). The molecule has 72 valence electrons. The quantitative estimate of drug-likeness (QED) is 0.837. The zero-order valence-corrected chi connectivity index (χ0v) is 8.80. The lowest BCUT2D eigenvalue weighted by Gasteiger charge is -2.04. The van der Waals surface area contributed by atoms with Gasteiger partial charge in [0.15, 0.2) is 4.67 Å². The first-order valence-electron chi connectivity index (χ1n) is 3.87. The van der Waals surface area contributed by atoms with E-state index in [-0.39, 0.29) is 5.91 Å². The van der Waals surface area contributed by atoms with Crippen LogP contribution in [0.4, 0.5) is 0 Å². The van der Waals surface area contributed by atoms with E-state index in [1.807, 2.05) is 0 Å². The van der Waals surface area contributed by atoms with Crippen LogP contribution in [0.1, 0.15) is 12.7 Å². The molecule has 0 aromatic carbocycles. The van der Waals surface area contributed by atoms with Gasteiger partial charge in [-0.15, -0.1) is 0 Å². The SMILES string of the molecule is CC(N)C(=O)NCc1ccc(Br)o1. The lowest BCUT2D eigenvalue weighted by molar-refractivity contribution is -0.122. The van der Waals surface area contributed by atoms with Crippen LogP contribution in [-0.2, 0) is 11.3 Å². The minimum absolute atomic E-state index is 0.187. The Morgan fingerprint density at radius 1 is 1.77 bits per heavy atom. The van der Waals surface area contributed by atoms with E-state index in [2.05, 4.69) is 21.2 Å². The molecule has 0 fully saturated rings. The molecule has 0 saturated heterocycles. The summed E-state index contributed by atoms with van der Waals surface area (Å²) in [5.74, 6) is 0.508. The third-order valence-electron chi connectivity index (χ3n) is 1.48. The van der Waals surface area contributed by atoms with Gasteiger partial charge in [-0.3, -0.25) is 4.79 Å². The number of nitrogens with two attached hydrogens (primary N) is 1. The molecule has 5 heteroatoms. The summed E-state index contributed by atoms with van der Waals surface area (Å²) in [6.07, 6.45) is 0. The molecule has 3 N–H and O–H groups in total. The Morgan fingerprint density at radius 3 is 2.92 bits per heavy atom. The summed E-state index contributed by atoms with van der Waals surface area (Å²) in [6, 6.07) is 3.07. The zero-order chi connectivity index (χ0) is 9.84. The van der Waals surface area contributed by atoms with Crippen molar-refractivity contribution in [3.8, 4) is 0 Å². The third kappa shape index (κ3) is 3.20. The van der Waals surface area contributed by atoms with E-state index >= 15 is 0 Å². The largest absolute Gasteiger partial charge is 0.452 e. The number of hydrogen-bond donors (Lipinski definition) is 2. The van der Waals surface area contributed by atoms with Gasteiger partial charge in [-0.1, -0.05) is 0 Å². The van der Waals surface area contributed by atoms with E-state index in [0.717, 1.165) is 0 Å². The first-order valence-corrected chi connectivity index (χ1v) is 4.66. The number of amides is 1. The molecule has 1 amide bonds. The molecule has 0 radical (unpaired) electrons. The Morgan fingerprint density at radius 2 is 2.46 bits per heavy atom. The van der Waals surface area contributed by atoms with Crippen molar-refractivity contribution in [2.24, 2.45) is 5.73 Å². The fourth-order valence-electron chi connectivity index (χ4n) is 0.782. The molecule has 0 bridgehead atoms. The Kier molecular flexibility index (Phi) is 3.50. The molecule has 1 aromatic rings. The van der Waals surface area contributed by atoms with Crippen LogP contribution in [0.15, 0.2) is 21.2 Å². The highest BCUT2D eigenvalue weighted by molar-refractivity contribution is 9.10. The highest BCUT2D eigenvalue weighted by atomic mass is 79.9. The van der Waals surface area contributed by atoms with Gasteiger partial charge in [-0.25, -0.2) is 0 Å². The van der Waals surface area contributed by atoms with E-state index in [1.165, 1.54) is 0 Å². The predicted octanol–water partition coefficient (Wildman–Crippen LogP) is 1.01. The molecule has 1 atom stereocenters. The summed E-state index contributed by atoms with van der Waals surface area (Å²) in [5.41, 5.74) is 5.35. The van der Waals surface area contributed by atoms with E-state index in [4.69, 9.17) is 10.2 Å². The number of furan rings is 1. The molecule has 1 heterocycles. The highest BCUT2D eigenvalue weighted by Crippen LogP contribution is 2.13. The first kappa shape index (κ1) is 10.3. The number of rotatable bonds is 3. The average molecular weight is 247 g/mol. The van der Waals surface area contributed by atoms with Crippen LogP contribution in [0.5, 0.6) is 0 Å². The van der Waals surface area contributed by atoms with Gasteiger partial charge in [0.1, 0.15) is 5.76 Å². The van der Waals surface area contributed by atoms with Crippen LogP contribution in [0.3, 0.4) is 0 Å². The molecule has 0 aliphatic heterocycles. The Labute approximate surface area is 84.6 Å². The molecule has 0 saturated carbocycles. The van der Waals surface area contributed by atoms with Gasteiger partial charge < -0.3 is 15.5 Å². The smallest absolute Gasteiger partial charge is 0.237 e. The Hall–Kier alpha value is -0.810. The van der Waals surface area contributed by atoms with Gasteiger partial charge in [0.25, 0.3) is 0 Å². The normalized spacial score (nSPS) is 12.5. The van der Waals surface area contributed by atoms with Gasteiger partial charge >= 0.3 is 0 Å². The van der Waals surface area contributed by atoms with Gasteiger partial charge in [0.2, 0.25) is 5.91 Å². The van der Waals surface area contributed by atoms with E-state index in [0.29, 0.717) is 17.0 Å². The lowest BCUT2D eigenvalue weighted by atomic mass is 10.3. The van der Waals surface area contributed by atoms with Crippen molar-refractivity contribution < 1.29 is 9.21 Å². The van der Waals surface area contributed by atoms with Crippen LogP contribution in [0.25, 0.3) is 0 Å². The average Bonchev–Trinajstić information content (AvgIpc) is 2.47. The van der Waals surface area contributed by atoms with Crippen molar-refractivity contribution >= 4 is 21.8 Å². The van der Waals surface area contributed by atoms with E-state index < -0.39 is 6.04 Å². The van der Waals surface area contributed by atoms with Gasteiger partial charge in [0.05, 0.1) is 12.6 Å². The lowest BCUT2D eigenvalue weighted by Crippen LogP contribution is -2.37. The van der Waals surface area contributed by atoms with Crippen molar-refractivity contribution in [3.05, 3.63) is 22.6 Å². The second kappa shape index (κ2) is 4.43. The molecule has 1 unspecified atom stereocenters. The van der Waals surface area contributed by atoms with Crippen LogP contribution in [0.2, 0.25) is 0 Å². The van der Waals surface area contributed by atoms with Gasteiger partial charge in [-0.05, 0) is 35.0 Å². The Balaban J connectivity index is 2.39. The van der Waals surface area contributed by atoms with E-state index in [1.54, 1.807) is 19.1 Å². The molecule has 1 aromatic heterocycles. The van der Waals surface area contributed by atoms with E-state index in [9.17, 15) is 4.79 Å². The Bertz CT molecular complexity index is 296. The van der Waals surface area contributed by atoms with Crippen LogP contribution < -0.4 is 11.1 Å². The topological polar surface area (TPSA) is 68.3 Å². The maximum atomic E-state index is 11.0. The molecular weight excluding hydrogens is 236 g/mol. The van der Waals surface area contributed by atoms with Crippen LogP contribution in [-0.4, -0.2) is 11.9 Å². The number of halogens is 1. The van der Waals surface area contributed by atoms with Gasteiger partial charge in [0, 0.05) is 0 Å². The monoisotopic (exact) mass is 246 g/mol. The first-order chi connectivity index (χ1) is 6.09. The van der Waals surface area contributed by atoms with Crippen molar-refractivity contribution in [2.45, 2.75) is 19.5 Å². The highest BCUT2D eigenvalue weighted by Gasteiger charge is 2.07. The summed E-state index contributed by atoms with van der Waals surface area (Å²) in [6.45, 7) is 2.00. The summed E-state index contributed by atoms with van der Waals surface area (Å²) in [5, 5.41) is 2.63. The second-order valence-corrected chi connectivity index (χ2v) is 3.49. The molecular formula is C8H11BrN2O2. The summed E-state index contributed by atoms with van der Waals surface area (Å²) in [7, 11) is 0. The minimum Gasteiger partial charge on any atom is -0.452 e.